The average molecular weight is 1290 g/mol. The van der Waals surface area contributed by atoms with Crippen molar-refractivity contribution >= 4 is 0 Å². The Hall–Kier alpha value is -8.24. The molecule has 0 aromatic rings. The Labute approximate surface area is 587 Å². The van der Waals surface area contributed by atoms with Crippen LogP contribution in [0, 0.1) is 90.6 Å². The standard InChI is InChI=1S/C14H23N.C13H21N.C12H19N.C11H17N.2C10H15N.C9H13N.C8H11N/c1-2-3-4-5-6-7-8-9-10-11-12-13-14-15;1-2-3-4-5-6-7-8-9-10-11-12-13-14;1-2-3-4-5-6-7-8-9-10-11-12-13;1-2-3-4-5-6-7-8-9-10-11-12;2*1-2-3-4-5-6-7-8-9-10-11;1-2-3-4-5-6-7-8-9-10;1-2-3-4-5-6-7-8-9/h3-4,12-13H,2,5-11H2,1H3;3-4,11-12H,2,5-10H2,1H3;3-4,10-11H,2,5-9H2,1H3;3-4,9-10H,2,5-8H2,1H3;3-4,8-9H,2,5-7H2,1H3;2-3,8-9H,4-7H2,1H3;2-3,7-8H,4-6H2,1H3;2-3,6-7H,4-5H2,1H3/b4-3-,13-12+;4-3-,12-11+;4-3-,11-10+;4-3-,10-9+;4-3-,9-8+;3-2-,9-8+;3-2-,8-7+;3-2-,7-6+. The number of nitrogens with zero attached hydrogens (tertiary/aromatic N) is 8. The molecule has 8 nitrogen and oxygen atoms in total. The number of unbranched alkanes of at least 4 members (excludes halogenated alkanes) is 26. The van der Waals surface area contributed by atoms with Crippen molar-refractivity contribution in [2.45, 2.75) is 306 Å². The highest BCUT2D eigenvalue weighted by Gasteiger charge is 1.90. The minimum atomic E-state index is 0.970. The van der Waals surface area contributed by atoms with E-state index in [1.165, 1.54) is 141 Å². The molecule has 0 saturated carbocycles. The molecule has 0 aromatic carbocycles. The van der Waals surface area contributed by atoms with Crippen LogP contribution in [0.5, 0.6) is 0 Å². The van der Waals surface area contributed by atoms with Gasteiger partial charge in [-0.15, -0.1) is 0 Å². The fourth-order valence-corrected chi connectivity index (χ4v) is 7.59. The van der Waals surface area contributed by atoms with Crippen LogP contribution >= 0.6 is 0 Å². The molecule has 8 heteroatoms. The van der Waals surface area contributed by atoms with E-state index >= 15 is 0 Å². The molecular formula is C87H134N8. The molecule has 0 unspecified atom stereocenters. The van der Waals surface area contributed by atoms with Gasteiger partial charge in [0, 0.05) is 48.6 Å². The molecule has 0 fully saturated rings. The van der Waals surface area contributed by atoms with Crippen LogP contribution in [-0.2, 0) is 0 Å². The summed E-state index contributed by atoms with van der Waals surface area (Å²) in [6, 6.07) is 15.8. The quantitative estimate of drug-likeness (QED) is 0.0326. The molecule has 0 saturated heterocycles. The first-order valence-electron chi connectivity index (χ1n) is 36.3. The highest BCUT2D eigenvalue weighted by atomic mass is 14.2. The third kappa shape index (κ3) is 153. The number of hydrogen-bond donors (Lipinski definition) is 0. The third-order valence-corrected chi connectivity index (χ3v) is 12.7. The number of hydrogen-bond acceptors (Lipinski definition) is 8. The summed E-state index contributed by atoms with van der Waals surface area (Å²) in [5, 5.41) is 65.4. The summed E-state index contributed by atoms with van der Waals surface area (Å²) in [4.78, 5) is 0. The minimum absolute atomic E-state index is 0.970. The number of allylic oxidation sites excluding steroid dienone is 32. The van der Waals surface area contributed by atoms with E-state index in [9.17, 15) is 0 Å². The summed E-state index contributed by atoms with van der Waals surface area (Å²) in [6.07, 6.45) is 108. The van der Waals surface area contributed by atoms with Crippen molar-refractivity contribution in [3.05, 3.63) is 194 Å². The predicted molar refractivity (Wildman–Crippen MR) is 417 cm³/mol. The van der Waals surface area contributed by atoms with Crippen molar-refractivity contribution in [1.29, 1.82) is 42.1 Å². The van der Waals surface area contributed by atoms with E-state index < -0.39 is 0 Å². The summed E-state index contributed by atoms with van der Waals surface area (Å²) in [5.41, 5.74) is 0. The van der Waals surface area contributed by atoms with Gasteiger partial charge >= 0.3 is 0 Å². The van der Waals surface area contributed by atoms with Crippen molar-refractivity contribution < 1.29 is 0 Å². The second-order valence-corrected chi connectivity index (χ2v) is 21.3. The Kier molecular flexibility index (Phi) is 133. The van der Waals surface area contributed by atoms with Gasteiger partial charge in [-0.2, -0.15) is 42.1 Å². The SMILES string of the molecule is C/C=C\CC/C=C/C#N.C/C=C\CCC/C=C/C#N.C/C=C\CCCC/C=C/C#N.CC/C=C\CCC/C=C/C#N.CC/C=C\CCCC/C=C/C#N.CC/C=C\CCCCC/C=C/C#N.CC/C=C\CCCCCC/C=C/C#N.CC/C=C\CCCCCCC/C=C/C#N. The minimum Gasteiger partial charge on any atom is -0.193 e. The molecule has 0 aliphatic rings. The lowest BCUT2D eigenvalue weighted by molar-refractivity contribution is 0.622. The van der Waals surface area contributed by atoms with E-state index in [1.54, 1.807) is 36.5 Å². The first-order chi connectivity index (χ1) is 46.8. The van der Waals surface area contributed by atoms with Crippen LogP contribution in [0.3, 0.4) is 0 Å². The van der Waals surface area contributed by atoms with Gasteiger partial charge < -0.3 is 0 Å². The van der Waals surface area contributed by atoms with E-state index in [0.29, 0.717) is 0 Å². The molecule has 0 radical (unpaired) electrons. The zero-order valence-electron chi connectivity index (χ0n) is 61.6. The van der Waals surface area contributed by atoms with Crippen LogP contribution < -0.4 is 0 Å². The fourth-order valence-electron chi connectivity index (χ4n) is 7.59. The average Bonchev–Trinajstić information content (AvgIpc) is 3.60. The maximum absolute atomic E-state index is 8.27. The van der Waals surface area contributed by atoms with E-state index in [0.717, 1.165) is 122 Å². The topological polar surface area (TPSA) is 190 Å². The van der Waals surface area contributed by atoms with Crippen molar-refractivity contribution in [3.63, 3.8) is 0 Å². The lowest BCUT2D eigenvalue weighted by Crippen LogP contribution is -1.78. The van der Waals surface area contributed by atoms with E-state index in [4.69, 9.17) is 42.1 Å². The second kappa shape index (κ2) is 123. The Morgan fingerprint density at radius 1 is 0.158 bits per heavy atom. The van der Waals surface area contributed by atoms with Crippen LogP contribution in [0.1, 0.15) is 306 Å². The summed E-state index contributed by atoms with van der Waals surface area (Å²) in [5.74, 6) is 0. The van der Waals surface area contributed by atoms with Gasteiger partial charge in [0.2, 0.25) is 0 Å². The van der Waals surface area contributed by atoms with Crippen LogP contribution in [0.2, 0.25) is 0 Å². The molecule has 0 aromatic heterocycles. The van der Waals surface area contributed by atoms with Crippen LogP contribution in [-0.4, -0.2) is 0 Å². The van der Waals surface area contributed by atoms with Crippen LogP contribution in [0.25, 0.3) is 0 Å². The molecule has 0 N–H and O–H groups in total. The summed E-state index contributed by atoms with van der Waals surface area (Å²) >= 11 is 0. The van der Waals surface area contributed by atoms with Gasteiger partial charge in [0.05, 0.1) is 48.6 Å². The van der Waals surface area contributed by atoms with Gasteiger partial charge in [-0.25, -0.2) is 0 Å². The molecular weight excluding hydrogens is 1160 g/mol. The van der Waals surface area contributed by atoms with Gasteiger partial charge in [-0.1, -0.05) is 219 Å². The van der Waals surface area contributed by atoms with E-state index in [1.807, 2.05) is 130 Å². The monoisotopic (exact) mass is 1290 g/mol. The molecule has 0 amide bonds. The zero-order valence-corrected chi connectivity index (χ0v) is 61.6. The van der Waals surface area contributed by atoms with Gasteiger partial charge in [0.1, 0.15) is 0 Å². The van der Waals surface area contributed by atoms with Gasteiger partial charge in [-0.05, 0) is 233 Å². The van der Waals surface area contributed by atoms with Crippen LogP contribution in [0.4, 0.5) is 0 Å². The van der Waals surface area contributed by atoms with Crippen molar-refractivity contribution in [1.82, 2.24) is 0 Å². The first-order valence-corrected chi connectivity index (χ1v) is 36.3. The van der Waals surface area contributed by atoms with Crippen molar-refractivity contribution in [2.75, 3.05) is 0 Å². The Morgan fingerprint density at radius 3 is 0.516 bits per heavy atom. The fraction of sp³-hybridized carbons (Fsp3) is 0.540. The lowest BCUT2D eigenvalue weighted by atomic mass is 10.1. The number of nitriles is 8. The van der Waals surface area contributed by atoms with Crippen molar-refractivity contribution in [3.8, 4) is 48.6 Å². The van der Waals surface area contributed by atoms with Gasteiger partial charge in [0.15, 0.2) is 0 Å². The lowest BCUT2D eigenvalue weighted by Gasteiger charge is -1.97. The molecule has 0 aliphatic carbocycles. The Bertz CT molecular complexity index is 2370. The summed E-state index contributed by atoms with van der Waals surface area (Å²) in [6.45, 7) is 16.8. The zero-order chi connectivity index (χ0) is 71.9. The Morgan fingerprint density at radius 2 is 0.295 bits per heavy atom. The molecule has 0 spiro atoms. The molecule has 0 aliphatic heterocycles. The van der Waals surface area contributed by atoms with Crippen molar-refractivity contribution in [2.24, 2.45) is 0 Å². The molecule has 0 bridgehead atoms. The van der Waals surface area contributed by atoms with E-state index in [2.05, 4.69) is 120 Å². The third-order valence-electron chi connectivity index (χ3n) is 12.7. The maximum atomic E-state index is 8.27. The second-order valence-electron chi connectivity index (χ2n) is 21.3. The highest BCUT2D eigenvalue weighted by molar-refractivity contribution is 5.05. The molecule has 0 atom stereocenters. The smallest absolute Gasteiger partial charge is 0.0908 e. The summed E-state index contributed by atoms with van der Waals surface area (Å²) < 4.78 is 0. The molecule has 522 valence electrons. The first kappa shape index (κ1) is 103. The van der Waals surface area contributed by atoms with Crippen LogP contribution in [0.15, 0.2) is 194 Å². The maximum Gasteiger partial charge on any atom is 0.0908 e. The summed E-state index contributed by atoms with van der Waals surface area (Å²) in [7, 11) is 0. The predicted octanol–water partition coefficient (Wildman–Crippen LogP) is 28.4. The Balaban J connectivity index is -0.000000152. The largest absolute Gasteiger partial charge is 0.193 e. The highest BCUT2D eigenvalue weighted by Crippen LogP contribution is 2.10. The van der Waals surface area contributed by atoms with E-state index in [-0.39, 0.29) is 0 Å². The number of rotatable bonds is 47. The molecule has 0 heterocycles. The van der Waals surface area contributed by atoms with Gasteiger partial charge in [-0.3, -0.25) is 0 Å². The normalized spacial score (nSPS) is 11.0. The molecule has 0 rings (SSSR count). The van der Waals surface area contributed by atoms with Gasteiger partial charge in [0.25, 0.3) is 0 Å². The molecule has 95 heavy (non-hydrogen) atoms.